The zero-order valence-corrected chi connectivity index (χ0v) is 12.7. The van der Waals surface area contributed by atoms with E-state index in [2.05, 4.69) is 9.88 Å². The van der Waals surface area contributed by atoms with Crippen LogP contribution in [0.5, 0.6) is 0 Å². The van der Waals surface area contributed by atoms with Crippen molar-refractivity contribution in [2.24, 2.45) is 17.6 Å². The van der Waals surface area contributed by atoms with Crippen LogP contribution in [0.1, 0.15) is 18.2 Å². The summed E-state index contributed by atoms with van der Waals surface area (Å²) in [5, 5.41) is 0. The summed E-state index contributed by atoms with van der Waals surface area (Å²) in [6.45, 7) is 5.34. The van der Waals surface area contributed by atoms with Gasteiger partial charge in [-0.25, -0.2) is 4.98 Å². The van der Waals surface area contributed by atoms with E-state index in [0.29, 0.717) is 11.5 Å². The van der Waals surface area contributed by atoms with E-state index in [1.165, 1.54) is 7.11 Å². The van der Waals surface area contributed by atoms with Crippen molar-refractivity contribution in [2.45, 2.75) is 13.8 Å². The Balaban J connectivity index is 2.25. The number of aromatic nitrogens is 1. The molecule has 0 spiro atoms. The number of aryl methyl sites for hydroxylation is 1. The maximum Gasteiger partial charge on any atom is 0.310 e. The lowest BCUT2D eigenvalue weighted by Gasteiger charge is -2.18. The van der Waals surface area contributed by atoms with E-state index in [9.17, 15) is 4.79 Å². The molecular formula is C14H19N3O2S. The molecule has 1 aromatic rings. The first-order chi connectivity index (χ1) is 9.42. The molecule has 2 atom stereocenters. The first-order valence-electron chi connectivity index (χ1n) is 6.53. The van der Waals surface area contributed by atoms with Crippen molar-refractivity contribution >= 4 is 29.0 Å². The SMILES string of the molecule is COC(=O)C1CN(c2cc(C(N)=S)cc(C)n2)CC1C. The molecule has 1 saturated heterocycles. The molecule has 1 aromatic heterocycles. The molecule has 20 heavy (non-hydrogen) atoms. The number of pyridine rings is 1. The van der Waals surface area contributed by atoms with Crippen molar-refractivity contribution in [3.05, 3.63) is 23.4 Å². The van der Waals surface area contributed by atoms with Gasteiger partial charge in [0.15, 0.2) is 0 Å². The van der Waals surface area contributed by atoms with Gasteiger partial charge in [0.2, 0.25) is 0 Å². The number of nitrogens with two attached hydrogens (primary N) is 1. The van der Waals surface area contributed by atoms with Crippen LogP contribution < -0.4 is 10.6 Å². The van der Waals surface area contributed by atoms with Crippen LogP contribution in [-0.2, 0) is 9.53 Å². The Kier molecular flexibility index (Phi) is 4.23. The summed E-state index contributed by atoms with van der Waals surface area (Å²) in [7, 11) is 1.42. The minimum atomic E-state index is -0.165. The Hall–Kier alpha value is -1.69. The van der Waals surface area contributed by atoms with Crippen molar-refractivity contribution in [3.8, 4) is 0 Å². The van der Waals surface area contributed by atoms with E-state index in [4.69, 9.17) is 22.7 Å². The molecule has 6 heteroatoms. The number of anilines is 1. The second-order valence-corrected chi connectivity index (χ2v) is 5.67. The highest BCUT2D eigenvalue weighted by atomic mass is 32.1. The lowest BCUT2D eigenvalue weighted by Crippen LogP contribution is -2.25. The summed E-state index contributed by atoms with van der Waals surface area (Å²) in [5.74, 6) is 0.766. The number of ether oxygens (including phenoxy) is 1. The lowest BCUT2D eigenvalue weighted by atomic mass is 9.99. The fourth-order valence-electron chi connectivity index (χ4n) is 2.57. The Morgan fingerprint density at radius 3 is 2.80 bits per heavy atom. The van der Waals surface area contributed by atoms with Crippen LogP contribution in [0.3, 0.4) is 0 Å². The van der Waals surface area contributed by atoms with Crippen LogP contribution in [0.2, 0.25) is 0 Å². The average Bonchev–Trinajstić information content (AvgIpc) is 2.79. The Labute approximate surface area is 124 Å². The van der Waals surface area contributed by atoms with Crippen molar-refractivity contribution in [1.29, 1.82) is 0 Å². The Morgan fingerprint density at radius 1 is 1.50 bits per heavy atom. The summed E-state index contributed by atoms with van der Waals surface area (Å²) < 4.78 is 4.85. The van der Waals surface area contributed by atoms with Gasteiger partial charge >= 0.3 is 5.97 Å². The molecule has 2 rings (SSSR count). The molecule has 2 heterocycles. The predicted molar refractivity (Wildman–Crippen MR) is 81.7 cm³/mol. The number of hydrogen-bond acceptors (Lipinski definition) is 5. The normalized spacial score (nSPS) is 21.9. The van der Waals surface area contributed by atoms with Crippen LogP contribution in [0.25, 0.3) is 0 Å². The maximum atomic E-state index is 11.7. The second kappa shape index (κ2) is 5.75. The third-order valence-electron chi connectivity index (χ3n) is 3.66. The fraction of sp³-hybridized carbons (Fsp3) is 0.500. The first-order valence-corrected chi connectivity index (χ1v) is 6.94. The molecule has 0 radical (unpaired) electrons. The molecule has 2 N–H and O–H groups in total. The summed E-state index contributed by atoms with van der Waals surface area (Å²) in [5.41, 5.74) is 7.35. The van der Waals surface area contributed by atoms with Gasteiger partial charge in [-0.3, -0.25) is 4.79 Å². The molecule has 0 amide bonds. The topological polar surface area (TPSA) is 68.5 Å². The summed E-state index contributed by atoms with van der Waals surface area (Å²) in [4.78, 5) is 18.7. The molecule has 5 nitrogen and oxygen atoms in total. The van der Waals surface area contributed by atoms with Gasteiger partial charge in [0.25, 0.3) is 0 Å². The minimum absolute atomic E-state index is 0.115. The third-order valence-corrected chi connectivity index (χ3v) is 3.90. The molecule has 1 fully saturated rings. The number of carbonyl (C=O) groups is 1. The number of methoxy groups -OCH3 is 1. The van der Waals surface area contributed by atoms with E-state index in [1.807, 2.05) is 26.0 Å². The number of esters is 1. The molecule has 2 unspecified atom stereocenters. The van der Waals surface area contributed by atoms with Crippen molar-refractivity contribution < 1.29 is 9.53 Å². The second-order valence-electron chi connectivity index (χ2n) is 5.23. The predicted octanol–water partition coefficient (Wildman–Crippen LogP) is 1.27. The Bertz CT molecular complexity index is 547. The van der Waals surface area contributed by atoms with E-state index < -0.39 is 0 Å². The van der Waals surface area contributed by atoms with Crippen molar-refractivity contribution in [1.82, 2.24) is 4.98 Å². The van der Waals surface area contributed by atoms with Crippen LogP contribution in [0.15, 0.2) is 12.1 Å². The highest BCUT2D eigenvalue weighted by Gasteiger charge is 2.36. The van der Waals surface area contributed by atoms with E-state index in [0.717, 1.165) is 23.6 Å². The van der Waals surface area contributed by atoms with Crippen molar-refractivity contribution in [3.63, 3.8) is 0 Å². The summed E-state index contributed by atoms with van der Waals surface area (Å²) >= 11 is 5.02. The number of carbonyl (C=O) groups excluding carboxylic acids is 1. The largest absolute Gasteiger partial charge is 0.469 e. The number of nitrogens with zero attached hydrogens (tertiary/aromatic N) is 2. The number of hydrogen-bond donors (Lipinski definition) is 1. The zero-order valence-electron chi connectivity index (χ0n) is 11.9. The maximum absolute atomic E-state index is 11.7. The van der Waals surface area contributed by atoms with Crippen molar-refractivity contribution in [2.75, 3.05) is 25.1 Å². The third kappa shape index (κ3) is 2.90. The average molecular weight is 293 g/mol. The molecule has 0 bridgehead atoms. The monoisotopic (exact) mass is 293 g/mol. The van der Waals surface area contributed by atoms with E-state index in [-0.39, 0.29) is 17.8 Å². The zero-order chi connectivity index (χ0) is 14.9. The fourth-order valence-corrected chi connectivity index (χ4v) is 2.69. The van der Waals surface area contributed by atoms with Crippen LogP contribution in [0, 0.1) is 18.8 Å². The molecule has 1 aliphatic rings. The van der Waals surface area contributed by atoms with Gasteiger partial charge in [0, 0.05) is 24.3 Å². The molecular weight excluding hydrogens is 274 g/mol. The van der Waals surface area contributed by atoms with Gasteiger partial charge < -0.3 is 15.4 Å². The summed E-state index contributed by atoms with van der Waals surface area (Å²) in [6.07, 6.45) is 0. The van der Waals surface area contributed by atoms with Crippen LogP contribution in [-0.4, -0.2) is 36.1 Å². The van der Waals surface area contributed by atoms with E-state index in [1.54, 1.807) is 0 Å². The number of rotatable bonds is 3. The standard InChI is InChI=1S/C14H19N3O2S/c1-8-6-17(7-11(8)14(18)19-3)12-5-10(13(15)20)4-9(2)16-12/h4-5,8,11H,6-7H2,1-3H3,(H2,15,20). The van der Waals surface area contributed by atoms with Gasteiger partial charge in [-0.05, 0) is 25.0 Å². The Morgan fingerprint density at radius 2 is 2.20 bits per heavy atom. The molecule has 108 valence electrons. The number of thiocarbonyl (C=S) groups is 1. The molecule has 0 aliphatic carbocycles. The summed E-state index contributed by atoms with van der Waals surface area (Å²) in [6, 6.07) is 3.74. The van der Waals surface area contributed by atoms with Gasteiger partial charge in [0.05, 0.1) is 13.0 Å². The van der Waals surface area contributed by atoms with E-state index >= 15 is 0 Å². The highest BCUT2D eigenvalue weighted by molar-refractivity contribution is 7.80. The van der Waals surface area contributed by atoms with Crippen LogP contribution in [0.4, 0.5) is 5.82 Å². The molecule has 1 aliphatic heterocycles. The quantitative estimate of drug-likeness (QED) is 0.668. The minimum Gasteiger partial charge on any atom is -0.469 e. The molecule has 0 aromatic carbocycles. The van der Waals surface area contributed by atoms with Gasteiger partial charge in [-0.2, -0.15) is 0 Å². The van der Waals surface area contributed by atoms with Gasteiger partial charge in [-0.1, -0.05) is 19.1 Å². The molecule has 0 saturated carbocycles. The lowest BCUT2D eigenvalue weighted by molar-refractivity contribution is -0.145. The van der Waals surface area contributed by atoms with Gasteiger partial charge in [0.1, 0.15) is 10.8 Å². The van der Waals surface area contributed by atoms with Gasteiger partial charge in [-0.15, -0.1) is 0 Å². The van der Waals surface area contributed by atoms with Crippen LogP contribution >= 0.6 is 12.2 Å². The highest BCUT2D eigenvalue weighted by Crippen LogP contribution is 2.28. The smallest absolute Gasteiger partial charge is 0.310 e. The first kappa shape index (κ1) is 14.7.